The molecule has 0 aliphatic carbocycles. The normalized spacial score (nSPS) is 19.5. The van der Waals surface area contributed by atoms with Crippen molar-refractivity contribution in [2.75, 3.05) is 26.9 Å². The summed E-state index contributed by atoms with van der Waals surface area (Å²) in [5.41, 5.74) is 6.21. The SMILES string of the molecule is COc1ccc(C(N)C2(CO)COC2)cc1F. The summed E-state index contributed by atoms with van der Waals surface area (Å²) in [6.45, 7) is 0.735. The first-order valence-electron chi connectivity index (χ1n) is 5.40. The predicted molar refractivity (Wildman–Crippen MR) is 60.2 cm³/mol. The summed E-state index contributed by atoms with van der Waals surface area (Å²) in [7, 11) is 1.41. The molecule has 2 rings (SSSR count). The van der Waals surface area contributed by atoms with Crippen molar-refractivity contribution in [1.82, 2.24) is 0 Å². The fourth-order valence-electron chi connectivity index (χ4n) is 1.96. The van der Waals surface area contributed by atoms with E-state index in [1.165, 1.54) is 19.2 Å². The minimum absolute atomic E-state index is 0.0676. The molecule has 1 aliphatic heterocycles. The summed E-state index contributed by atoms with van der Waals surface area (Å²) < 4.78 is 23.5. The molecule has 5 heteroatoms. The van der Waals surface area contributed by atoms with E-state index in [1.54, 1.807) is 6.07 Å². The van der Waals surface area contributed by atoms with Crippen molar-refractivity contribution < 1.29 is 19.0 Å². The van der Waals surface area contributed by atoms with Crippen molar-refractivity contribution in [3.05, 3.63) is 29.6 Å². The molecular formula is C12H16FNO3. The van der Waals surface area contributed by atoms with Gasteiger partial charge in [-0.25, -0.2) is 4.39 Å². The van der Waals surface area contributed by atoms with Crippen LogP contribution >= 0.6 is 0 Å². The van der Waals surface area contributed by atoms with E-state index in [-0.39, 0.29) is 12.4 Å². The maximum Gasteiger partial charge on any atom is 0.165 e. The van der Waals surface area contributed by atoms with Crippen molar-refractivity contribution >= 4 is 0 Å². The molecule has 3 N–H and O–H groups in total. The van der Waals surface area contributed by atoms with Gasteiger partial charge in [0.25, 0.3) is 0 Å². The molecule has 1 aromatic carbocycles. The average Bonchev–Trinajstić information content (AvgIpc) is 2.28. The predicted octanol–water partition coefficient (Wildman–Crippen LogP) is 0.843. The third-order valence-corrected chi connectivity index (χ3v) is 3.29. The Balaban J connectivity index is 2.25. The van der Waals surface area contributed by atoms with Crippen LogP contribution in [0.3, 0.4) is 0 Å². The first-order valence-corrected chi connectivity index (χ1v) is 5.40. The Bertz CT molecular complexity index is 401. The number of aliphatic hydroxyl groups is 1. The van der Waals surface area contributed by atoms with Gasteiger partial charge in [-0.15, -0.1) is 0 Å². The van der Waals surface area contributed by atoms with E-state index in [0.29, 0.717) is 18.8 Å². The van der Waals surface area contributed by atoms with Gasteiger partial charge in [0, 0.05) is 6.04 Å². The van der Waals surface area contributed by atoms with Crippen LogP contribution < -0.4 is 10.5 Å². The molecule has 0 radical (unpaired) electrons. The van der Waals surface area contributed by atoms with Crippen LogP contribution in [0.15, 0.2) is 18.2 Å². The van der Waals surface area contributed by atoms with Gasteiger partial charge < -0.3 is 20.3 Å². The van der Waals surface area contributed by atoms with Gasteiger partial charge in [-0.2, -0.15) is 0 Å². The monoisotopic (exact) mass is 241 g/mol. The molecule has 0 aromatic heterocycles. The third kappa shape index (κ3) is 2.01. The Morgan fingerprint density at radius 2 is 2.29 bits per heavy atom. The van der Waals surface area contributed by atoms with Gasteiger partial charge in [-0.1, -0.05) is 6.07 Å². The second-order valence-electron chi connectivity index (χ2n) is 4.38. The van der Waals surface area contributed by atoms with Crippen LogP contribution in [0.1, 0.15) is 11.6 Å². The van der Waals surface area contributed by atoms with E-state index in [9.17, 15) is 9.50 Å². The van der Waals surface area contributed by atoms with Crippen LogP contribution in [0.5, 0.6) is 5.75 Å². The minimum atomic E-state index is -0.485. The van der Waals surface area contributed by atoms with E-state index >= 15 is 0 Å². The summed E-state index contributed by atoms with van der Waals surface area (Å²) in [5, 5.41) is 9.36. The number of halogens is 1. The van der Waals surface area contributed by atoms with Crippen LogP contribution in [0.4, 0.5) is 4.39 Å². The Hall–Kier alpha value is -1.17. The van der Waals surface area contributed by atoms with Crippen molar-refractivity contribution in [2.45, 2.75) is 6.04 Å². The van der Waals surface area contributed by atoms with Gasteiger partial charge in [0.15, 0.2) is 11.6 Å². The lowest BCUT2D eigenvalue weighted by atomic mass is 9.76. The summed E-state index contributed by atoms with van der Waals surface area (Å²) in [6.07, 6.45) is 0. The molecule has 1 atom stereocenters. The van der Waals surface area contributed by atoms with Crippen molar-refractivity contribution in [3.63, 3.8) is 0 Å². The summed E-state index contributed by atoms with van der Waals surface area (Å²) in [5.74, 6) is -0.266. The van der Waals surface area contributed by atoms with E-state index in [1.807, 2.05) is 0 Å². The molecule has 0 amide bonds. The number of benzene rings is 1. The van der Waals surface area contributed by atoms with E-state index in [4.69, 9.17) is 15.2 Å². The molecule has 1 saturated heterocycles. The number of aliphatic hydroxyl groups excluding tert-OH is 1. The quantitative estimate of drug-likeness (QED) is 0.820. The Morgan fingerprint density at radius 3 is 2.71 bits per heavy atom. The Kier molecular flexibility index (Phi) is 3.33. The summed E-state index contributed by atoms with van der Waals surface area (Å²) >= 11 is 0. The van der Waals surface area contributed by atoms with Gasteiger partial charge in [0.05, 0.1) is 32.3 Å². The number of hydrogen-bond acceptors (Lipinski definition) is 4. The number of methoxy groups -OCH3 is 1. The molecule has 1 unspecified atom stereocenters. The Labute approximate surface area is 99.1 Å². The maximum absolute atomic E-state index is 13.6. The highest BCUT2D eigenvalue weighted by Gasteiger charge is 2.44. The van der Waals surface area contributed by atoms with Crippen LogP contribution in [-0.4, -0.2) is 32.0 Å². The van der Waals surface area contributed by atoms with Crippen LogP contribution in [0.25, 0.3) is 0 Å². The fourth-order valence-corrected chi connectivity index (χ4v) is 1.96. The third-order valence-electron chi connectivity index (χ3n) is 3.29. The van der Waals surface area contributed by atoms with Crippen molar-refractivity contribution in [3.8, 4) is 5.75 Å². The lowest BCUT2D eigenvalue weighted by Gasteiger charge is -2.44. The molecule has 0 spiro atoms. The molecule has 1 fully saturated rings. The number of rotatable bonds is 4. The molecule has 4 nitrogen and oxygen atoms in total. The van der Waals surface area contributed by atoms with Gasteiger partial charge in [-0.05, 0) is 17.7 Å². The highest BCUT2D eigenvalue weighted by atomic mass is 19.1. The second-order valence-corrected chi connectivity index (χ2v) is 4.38. The number of ether oxygens (including phenoxy) is 2. The molecule has 0 saturated carbocycles. The second kappa shape index (κ2) is 4.60. The standard InChI is InChI=1S/C12H16FNO3/c1-16-10-3-2-8(4-9(10)13)11(14)12(5-15)6-17-7-12/h2-4,11,15H,5-7,14H2,1H3. The topological polar surface area (TPSA) is 64.7 Å². The molecule has 1 heterocycles. The molecule has 1 aliphatic rings. The van der Waals surface area contributed by atoms with Crippen LogP contribution in [0, 0.1) is 11.2 Å². The molecule has 0 bridgehead atoms. The van der Waals surface area contributed by atoms with E-state index < -0.39 is 17.3 Å². The average molecular weight is 241 g/mol. The minimum Gasteiger partial charge on any atom is -0.494 e. The largest absolute Gasteiger partial charge is 0.494 e. The summed E-state index contributed by atoms with van der Waals surface area (Å²) in [6, 6.07) is 4.15. The van der Waals surface area contributed by atoms with Gasteiger partial charge >= 0.3 is 0 Å². The smallest absolute Gasteiger partial charge is 0.165 e. The van der Waals surface area contributed by atoms with Gasteiger partial charge in [-0.3, -0.25) is 0 Å². The zero-order valence-corrected chi connectivity index (χ0v) is 9.65. The molecule has 94 valence electrons. The first kappa shape index (κ1) is 12.3. The van der Waals surface area contributed by atoms with Crippen LogP contribution in [0.2, 0.25) is 0 Å². The van der Waals surface area contributed by atoms with Crippen LogP contribution in [-0.2, 0) is 4.74 Å². The number of nitrogens with two attached hydrogens (primary N) is 1. The van der Waals surface area contributed by atoms with E-state index in [0.717, 1.165) is 0 Å². The van der Waals surface area contributed by atoms with Crippen molar-refractivity contribution in [1.29, 1.82) is 0 Å². The highest BCUT2D eigenvalue weighted by molar-refractivity contribution is 5.32. The zero-order chi connectivity index (χ0) is 12.5. The molecule has 17 heavy (non-hydrogen) atoms. The maximum atomic E-state index is 13.6. The van der Waals surface area contributed by atoms with Gasteiger partial charge in [0.1, 0.15) is 0 Å². The lowest BCUT2D eigenvalue weighted by Crippen LogP contribution is -2.52. The fraction of sp³-hybridized carbons (Fsp3) is 0.500. The lowest BCUT2D eigenvalue weighted by molar-refractivity contribution is -0.150. The first-order chi connectivity index (χ1) is 8.13. The molecular weight excluding hydrogens is 225 g/mol. The number of hydrogen-bond donors (Lipinski definition) is 2. The van der Waals surface area contributed by atoms with Crippen molar-refractivity contribution in [2.24, 2.45) is 11.1 Å². The van der Waals surface area contributed by atoms with E-state index in [2.05, 4.69) is 0 Å². The zero-order valence-electron chi connectivity index (χ0n) is 9.65. The Morgan fingerprint density at radius 1 is 1.59 bits per heavy atom. The summed E-state index contributed by atoms with van der Waals surface area (Å²) in [4.78, 5) is 0. The molecule has 1 aromatic rings. The van der Waals surface area contributed by atoms with Gasteiger partial charge in [0.2, 0.25) is 0 Å². The highest BCUT2D eigenvalue weighted by Crippen LogP contribution is 2.39.